The third-order valence-electron chi connectivity index (χ3n) is 3.19. The van der Waals surface area contributed by atoms with Crippen LogP contribution in [-0.4, -0.2) is 27.4 Å². The lowest BCUT2D eigenvalue weighted by Crippen LogP contribution is -2.21. The Hall–Kier alpha value is -1.84. The van der Waals surface area contributed by atoms with Crippen LogP contribution < -0.4 is 0 Å². The van der Waals surface area contributed by atoms with Crippen molar-refractivity contribution in [3.05, 3.63) is 64.8 Å². The molecule has 4 heteroatoms. The zero-order valence-corrected chi connectivity index (χ0v) is 12.5. The second kappa shape index (κ2) is 6.34. The lowest BCUT2D eigenvalue weighted by atomic mass is 10.2. The molecule has 0 N–H and O–H groups in total. The molecule has 2 heterocycles. The predicted molar refractivity (Wildman–Crippen MR) is 94.8 cm³/mol. The number of hydrogen-bond donors (Lipinski definition) is 0. The number of fused-ring (bicyclic) bond motifs is 1. The molecule has 4 rings (SSSR count). The van der Waals surface area contributed by atoms with E-state index >= 15 is 0 Å². The molecule has 1 aliphatic heterocycles. The molecule has 0 bridgehead atoms. The molecule has 1 saturated heterocycles. The fourth-order valence-corrected chi connectivity index (χ4v) is 2.31. The average molecular weight is 340 g/mol. The molecule has 3 nitrogen and oxygen atoms in total. The first-order valence-electron chi connectivity index (χ1n) is 13.8. The van der Waals surface area contributed by atoms with E-state index < -0.39 is 73.5 Å². The second-order valence-corrected chi connectivity index (χ2v) is 5.09. The monoisotopic (exact) mass is 339 g/mol. The van der Waals surface area contributed by atoms with Crippen LogP contribution in [0, 0.1) is 0 Å². The van der Waals surface area contributed by atoms with Crippen molar-refractivity contribution in [2.24, 2.45) is 0 Å². The van der Waals surface area contributed by atoms with E-state index in [1.807, 2.05) is 0 Å². The lowest BCUT2D eigenvalue weighted by Gasteiger charge is -2.16. The van der Waals surface area contributed by atoms with Crippen molar-refractivity contribution in [2.45, 2.75) is 25.8 Å². The molecule has 23 heavy (non-hydrogen) atoms. The van der Waals surface area contributed by atoms with Crippen LogP contribution in [0.5, 0.6) is 0 Å². The molecule has 1 aliphatic rings. The SMILES string of the molecule is [2H]c1c([2H])c(C([2H])([2H])n2c(CN3C([2H])([2H])C([2H])([2H])C([2H])([2H])C3([2H])[2H])nc3ccccc32)c([2H])c([2H])c1Cl. The van der Waals surface area contributed by atoms with Crippen LogP contribution in [0.2, 0.25) is 5.02 Å². The fourth-order valence-electron chi connectivity index (χ4n) is 2.21. The minimum absolute atomic E-state index is 0.0839. The van der Waals surface area contributed by atoms with Gasteiger partial charge in [0.2, 0.25) is 0 Å². The summed E-state index contributed by atoms with van der Waals surface area (Å²) in [5, 5.41) is -0.506. The second-order valence-electron chi connectivity index (χ2n) is 4.71. The molecule has 118 valence electrons. The van der Waals surface area contributed by atoms with Crippen molar-refractivity contribution in [1.82, 2.24) is 14.5 Å². The summed E-state index contributed by atoms with van der Waals surface area (Å²) in [5.41, 5.74) is -0.452. The summed E-state index contributed by atoms with van der Waals surface area (Å²) in [5.74, 6) is -0.362. The maximum absolute atomic E-state index is 8.91. The first-order chi connectivity index (χ1) is 16.7. The summed E-state index contributed by atoms with van der Waals surface area (Å²) in [4.78, 5) is 4.57. The van der Waals surface area contributed by atoms with E-state index in [9.17, 15) is 0 Å². The van der Waals surface area contributed by atoms with E-state index in [0.29, 0.717) is 4.90 Å². The quantitative estimate of drug-likeness (QED) is 0.705. The molecule has 1 fully saturated rings. The number of para-hydroxylation sites is 2. The molecule has 0 amide bonds. The van der Waals surface area contributed by atoms with Crippen molar-refractivity contribution >= 4 is 22.6 Å². The molecule has 3 aromatic rings. The van der Waals surface area contributed by atoms with Gasteiger partial charge in [-0.1, -0.05) is 35.8 Å². The number of likely N-dealkylation sites (tertiary alicyclic amines) is 1. The standard InChI is InChI=1S/C19H20ClN3/c20-16-9-7-15(8-10-16)13-23-18-6-2-1-5-17(18)21-19(23)14-22-11-3-4-12-22/h1-2,5-10H,3-4,11-14H2/i3D2,4D2,7D,8D,9D,10D,11D2,12D2,13D2. The highest BCUT2D eigenvalue weighted by molar-refractivity contribution is 6.30. The molecular weight excluding hydrogens is 306 g/mol. The number of aromatic nitrogens is 2. The van der Waals surface area contributed by atoms with Crippen LogP contribution in [0.3, 0.4) is 0 Å². The fraction of sp³-hybridized carbons (Fsp3) is 0.316. The van der Waals surface area contributed by atoms with Gasteiger partial charge < -0.3 is 4.57 Å². The number of nitrogens with zero attached hydrogens (tertiary/aromatic N) is 3. The Morgan fingerprint density at radius 3 is 2.70 bits per heavy atom. The minimum atomic E-state index is -3.31. The van der Waals surface area contributed by atoms with Gasteiger partial charge in [0, 0.05) is 22.5 Å². The van der Waals surface area contributed by atoms with Gasteiger partial charge in [-0.15, -0.1) is 0 Å². The minimum Gasteiger partial charge on any atom is -0.322 e. The highest BCUT2D eigenvalue weighted by atomic mass is 35.5. The van der Waals surface area contributed by atoms with Gasteiger partial charge in [0.25, 0.3) is 0 Å². The summed E-state index contributed by atoms with van der Waals surface area (Å²) in [6.45, 7) is -10.2. The van der Waals surface area contributed by atoms with Gasteiger partial charge in [-0.05, 0) is 55.5 Å². The zero-order chi connectivity index (χ0) is 28.1. The summed E-state index contributed by atoms with van der Waals surface area (Å²) >= 11 is 5.87. The summed E-state index contributed by atoms with van der Waals surface area (Å²) in [6, 6.07) is 3.13. The van der Waals surface area contributed by atoms with E-state index in [0.717, 1.165) is 4.57 Å². The molecule has 0 unspecified atom stereocenters. The van der Waals surface area contributed by atoms with E-state index in [1.54, 1.807) is 6.07 Å². The number of rotatable bonds is 4. The van der Waals surface area contributed by atoms with Crippen LogP contribution in [0.1, 0.15) is 43.3 Å². The Balaban J connectivity index is 2.00. The molecular formula is C19H20ClN3. The Kier molecular flexibility index (Phi) is 1.63. The van der Waals surface area contributed by atoms with Crippen molar-refractivity contribution < 1.29 is 19.2 Å². The normalized spacial score (nSPS) is 33.8. The van der Waals surface area contributed by atoms with Crippen LogP contribution in [-0.2, 0) is 13.0 Å². The zero-order valence-electron chi connectivity index (χ0n) is 25.7. The number of hydrogen-bond acceptors (Lipinski definition) is 2. The van der Waals surface area contributed by atoms with E-state index in [-0.39, 0.29) is 16.9 Å². The van der Waals surface area contributed by atoms with Crippen molar-refractivity contribution in [2.75, 3.05) is 13.0 Å². The summed E-state index contributed by atoms with van der Waals surface area (Å²) in [6.07, 6.45) is -6.61. The summed E-state index contributed by atoms with van der Waals surface area (Å²) < 4.78 is 116. The van der Waals surface area contributed by atoms with E-state index in [1.165, 1.54) is 18.2 Å². The van der Waals surface area contributed by atoms with Crippen molar-refractivity contribution in [3.8, 4) is 0 Å². The topological polar surface area (TPSA) is 21.1 Å². The van der Waals surface area contributed by atoms with Crippen LogP contribution >= 0.6 is 11.6 Å². The van der Waals surface area contributed by atoms with Crippen molar-refractivity contribution in [3.63, 3.8) is 0 Å². The van der Waals surface area contributed by atoms with Gasteiger partial charge in [-0.2, -0.15) is 0 Å². The van der Waals surface area contributed by atoms with Crippen molar-refractivity contribution in [1.29, 1.82) is 0 Å². The molecule has 0 radical (unpaired) electrons. The third kappa shape index (κ3) is 3.12. The smallest absolute Gasteiger partial charge is 0.124 e. The largest absolute Gasteiger partial charge is 0.322 e. The Morgan fingerprint density at radius 1 is 1.17 bits per heavy atom. The number of benzene rings is 2. The van der Waals surface area contributed by atoms with Gasteiger partial charge in [0.1, 0.15) is 5.82 Å². The molecule has 1 aromatic heterocycles. The molecule has 0 atom stereocenters. The van der Waals surface area contributed by atoms with Gasteiger partial charge >= 0.3 is 0 Å². The highest BCUT2D eigenvalue weighted by Gasteiger charge is 2.17. The van der Waals surface area contributed by atoms with Crippen LogP contribution in [0.15, 0.2) is 48.4 Å². The van der Waals surface area contributed by atoms with Gasteiger partial charge in [0.05, 0.1) is 25.8 Å². The predicted octanol–water partition coefficient (Wildman–Crippen LogP) is 4.33. The highest BCUT2D eigenvalue weighted by Crippen LogP contribution is 2.21. The Morgan fingerprint density at radius 2 is 1.91 bits per heavy atom. The maximum atomic E-state index is 8.91. The van der Waals surface area contributed by atoms with Crippen LogP contribution in [0.25, 0.3) is 11.0 Å². The lowest BCUT2D eigenvalue weighted by molar-refractivity contribution is 0.318. The molecule has 0 aliphatic carbocycles. The maximum Gasteiger partial charge on any atom is 0.124 e. The molecule has 2 aromatic carbocycles. The van der Waals surface area contributed by atoms with Gasteiger partial charge in [-0.3, -0.25) is 4.90 Å². The summed E-state index contributed by atoms with van der Waals surface area (Å²) in [7, 11) is 0. The Bertz CT molecular complexity index is 1360. The third-order valence-corrected chi connectivity index (χ3v) is 3.38. The van der Waals surface area contributed by atoms with Gasteiger partial charge in [-0.25, -0.2) is 4.98 Å². The van der Waals surface area contributed by atoms with E-state index in [4.69, 9.17) is 30.8 Å². The number of imidazole rings is 1. The van der Waals surface area contributed by atoms with Gasteiger partial charge in [0.15, 0.2) is 0 Å². The average Bonchev–Trinajstić information content (AvgIpc) is 3.20. The van der Waals surface area contributed by atoms with E-state index in [2.05, 4.69) is 4.98 Å². The number of halogens is 1. The molecule has 0 saturated carbocycles. The first-order valence-corrected chi connectivity index (χ1v) is 7.13. The molecule has 0 spiro atoms. The van der Waals surface area contributed by atoms with Crippen LogP contribution in [0.4, 0.5) is 0 Å². The first kappa shape index (κ1) is 5.91. The Labute approximate surface area is 161 Å².